The summed E-state index contributed by atoms with van der Waals surface area (Å²) in [5, 5.41) is 2.90. The summed E-state index contributed by atoms with van der Waals surface area (Å²) in [5.74, 6) is -0.0438. The Balaban J connectivity index is 1.53. The molecule has 1 aliphatic rings. The molecule has 1 amide bonds. The van der Waals surface area contributed by atoms with Gasteiger partial charge < -0.3 is 10.1 Å². The number of nitrogens with one attached hydrogen (secondary N) is 1. The second kappa shape index (κ2) is 5.24. The molecule has 19 heavy (non-hydrogen) atoms. The van der Waals surface area contributed by atoms with Crippen molar-refractivity contribution in [3.8, 4) is 0 Å². The van der Waals surface area contributed by atoms with Gasteiger partial charge in [0.15, 0.2) is 6.10 Å². The maximum absolute atomic E-state index is 11.9. The summed E-state index contributed by atoms with van der Waals surface area (Å²) in [4.78, 5) is 11.9. The molecule has 1 heterocycles. The zero-order valence-electron chi connectivity index (χ0n) is 10.5. The Morgan fingerprint density at radius 1 is 1.00 bits per heavy atom. The van der Waals surface area contributed by atoms with Gasteiger partial charge in [-0.1, -0.05) is 60.7 Å². The molecular weight excluding hydrogens is 238 g/mol. The van der Waals surface area contributed by atoms with E-state index in [-0.39, 0.29) is 18.1 Å². The molecule has 3 rings (SSSR count). The Hall–Kier alpha value is -2.13. The quantitative estimate of drug-likeness (QED) is 0.850. The fourth-order valence-corrected chi connectivity index (χ4v) is 2.09. The minimum absolute atomic E-state index is 0.0438. The first kappa shape index (κ1) is 11.9. The van der Waals surface area contributed by atoms with Crippen molar-refractivity contribution >= 4 is 5.91 Å². The topological polar surface area (TPSA) is 41.6 Å². The lowest BCUT2D eigenvalue weighted by molar-refractivity contribution is -0.122. The second-order valence-electron chi connectivity index (χ2n) is 4.59. The third-order valence-electron chi connectivity index (χ3n) is 3.19. The van der Waals surface area contributed by atoms with Gasteiger partial charge in [-0.3, -0.25) is 4.79 Å². The van der Waals surface area contributed by atoms with Gasteiger partial charge in [0.1, 0.15) is 6.10 Å². The molecule has 96 valence electrons. The minimum atomic E-state index is -0.342. The van der Waals surface area contributed by atoms with E-state index in [9.17, 15) is 4.79 Å². The van der Waals surface area contributed by atoms with Crippen molar-refractivity contribution in [1.29, 1.82) is 0 Å². The lowest BCUT2D eigenvalue weighted by atomic mass is 10.1. The molecule has 0 aliphatic carbocycles. The van der Waals surface area contributed by atoms with Gasteiger partial charge in [0.2, 0.25) is 0 Å². The van der Waals surface area contributed by atoms with Crippen molar-refractivity contribution in [2.45, 2.75) is 18.8 Å². The van der Waals surface area contributed by atoms with Crippen molar-refractivity contribution in [3.05, 3.63) is 71.8 Å². The van der Waals surface area contributed by atoms with Crippen molar-refractivity contribution < 1.29 is 9.53 Å². The molecule has 0 saturated carbocycles. The van der Waals surface area contributed by atoms with Gasteiger partial charge in [0.25, 0.3) is 5.91 Å². The highest BCUT2D eigenvalue weighted by atomic mass is 16.6. The number of rotatable bonds is 4. The minimum Gasteiger partial charge on any atom is -0.354 e. The highest BCUT2D eigenvalue weighted by molar-refractivity contribution is 5.84. The number of epoxide rings is 1. The summed E-state index contributed by atoms with van der Waals surface area (Å²) >= 11 is 0. The predicted molar refractivity (Wildman–Crippen MR) is 72.3 cm³/mol. The van der Waals surface area contributed by atoms with Gasteiger partial charge in [0, 0.05) is 6.54 Å². The van der Waals surface area contributed by atoms with E-state index in [0.29, 0.717) is 6.54 Å². The van der Waals surface area contributed by atoms with Gasteiger partial charge in [0.05, 0.1) is 0 Å². The molecule has 0 unspecified atom stereocenters. The molecule has 1 saturated heterocycles. The first-order valence-electron chi connectivity index (χ1n) is 6.36. The lowest BCUT2D eigenvalue weighted by Crippen LogP contribution is -2.27. The SMILES string of the molecule is O=C(NCc1ccccc1)[C@@H]1O[C@H]1c1ccccc1. The Bertz CT molecular complexity index is 553. The van der Waals surface area contributed by atoms with E-state index in [1.807, 2.05) is 60.7 Å². The highest BCUT2D eigenvalue weighted by Gasteiger charge is 2.45. The second-order valence-corrected chi connectivity index (χ2v) is 4.59. The van der Waals surface area contributed by atoms with Crippen LogP contribution in [-0.2, 0) is 16.1 Å². The molecule has 1 aliphatic heterocycles. The monoisotopic (exact) mass is 253 g/mol. The number of benzene rings is 2. The van der Waals surface area contributed by atoms with Crippen molar-refractivity contribution in [2.24, 2.45) is 0 Å². The average molecular weight is 253 g/mol. The molecular formula is C16H15NO2. The Morgan fingerprint density at radius 2 is 1.63 bits per heavy atom. The van der Waals surface area contributed by atoms with E-state index >= 15 is 0 Å². The zero-order valence-corrected chi connectivity index (χ0v) is 10.5. The first-order valence-corrected chi connectivity index (χ1v) is 6.36. The summed E-state index contributed by atoms with van der Waals surface area (Å²) in [6.07, 6.45) is -0.428. The van der Waals surface area contributed by atoms with Gasteiger partial charge in [-0.25, -0.2) is 0 Å². The Morgan fingerprint density at radius 3 is 2.32 bits per heavy atom. The van der Waals surface area contributed by atoms with E-state index in [0.717, 1.165) is 11.1 Å². The zero-order chi connectivity index (χ0) is 13.1. The average Bonchev–Trinajstić information content (AvgIpc) is 3.27. The standard InChI is InChI=1S/C16H15NO2/c18-16(17-11-12-7-3-1-4-8-12)15-14(19-15)13-9-5-2-6-10-13/h1-10,14-15H,11H2,(H,17,18)/t14-,15+/m0/s1. The summed E-state index contributed by atoms with van der Waals surface area (Å²) in [7, 11) is 0. The molecule has 0 aromatic heterocycles. The van der Waals surface area contributed by atoms with E-state index in [2.05, 4.69) is 5.32 Å². The van der Waals surface area contributed by atoms with Gasteiger partial charge in [-0.2, -0.15) is 0 Å². The third kappa shape index (κ3) is 2.83. The molecule has 2 aromatic rings. The smallest absolute Gasteiger partial charge is 0.252 e. The fourth-order valence-electron chi connectivity index (χ4n) is 2.09. The largest absolute Gasteiger partial charge is 0.354 e. The number of carbonyl (C=O) groups is 1. The van der Waals surface area contributed by atoms with Gasteiger partial charge >= 0.3 is 0 Å². The number of amides is 1. The van der Waals surface area contributed by atoms with Crippen LogP contribution in [0.3, 0.4) is 0 Å². The van der Waals surface area contributed by atoms with Crippen LogP contribution in [0.4, 0.5) is 0 Å². The molecule has 1 N–H and O–H groups in total. The molecule has 2 atom stereocenters. The van der Waals surface area contributed by atoms with E-state index in [1.54, 1.807) is 0 Å². The van der Waals surface area contributed by atoms with E-state index < -0.39 is 0 Å². The predicted octanol–water partition coefficient (Wildman–Crippen LogP) is 2.44. The van der Waals surface area contributed by atoms with Crippen LogP contribution < -0.4 is 5.32 Å². The van der Waals surface area contributed by atoms with Crippen LogP contribution >= 0.6 is 0 Å². The van der Waals surface area contributed by atoms with Gasteiger partial charge in [-0.05, 0) is 11.1 Å². The van der Waals surface area contributed by atoms with Crippen LogP contribution in [-0.4, -0.2) is 12.0 Å². The van der Waals surface area contributed by atoms with E-state index in [1.165, 1.54) is 0 Å². The summed E-state index contributed by atoms with van der Waals surface area (Å²) in [5.41, 5.74) is 2.15. The molecule has 0 spiro atoms. The van der Waals surface area contributed by atoms with Crippen molar-refractivity contribution in [2.75, 3.05) is 0 Å². The Labute approximate surface area is 112 Å². The summed E-state index contributed by atoms with van der Waals surface area (Å²) < 4.78 is 5.44. The maximum atomic E-state index is 11.9. The maximum Gasteiger partial charge on any atom is 0.252 e. The van der Waals surface area contributed by atoms with Crippen LogP contribution in [0, 0.1) is 0 Å². The summed E-state index contributed by atoms with van der Waals surface area (Å²) in [6, 6.07) is 19.7. The van der Waals surface area contributed by atoms with Crippen LogP contribution in [0.5, 0.6) is 0 Å². The van der Waals surface area contributed by atoms with Crippen molar-refractivity contribution in [1.82, 2.24) is 5.32 Å². The van der Waals surface area contributed by atoms with Crippen molar-refractivity contribution in [3.63, 3.8) is 0 Å². The van der Waals surface area contributed by atoms with Crippen LogP contribution in [0.1, 0.15) is 17.2 Å². The fraction of sp³-hybridized carbons (Fsp3) is 0.188. The molecule has 3 nitrogen and oxygen atoms in total. The molecule has 3 heteroatoms. The molecule has 0 radical (unpaired) electrons. The molecule has 2 aromatic carbocycles. The number of carbonyl (C=O) groups excluding carboxylic acids is 1. The Kier molecular flexibility index (Phi) is 3.29. The van der Waals surface area contributed by atoms with Crippen LogP contribution in [0.15, 0.2) is 60.7 Å². The molecule has 0 bridgehead atoms. The highest BCUT2D eigenvalue weighted by Crippen LogP contribution is 2.38. The number of hydrogen-bond acceptors (Lipinski definition) is 2. The van der Waals surface area contributed by atoms with Gasteiger partial charge in [-0.15, -0.1) is 0 Å². The normalized spacial score (nSPS) is 20.8. The molecule has 1 fully saturated rings. The third-order valence-corrected chi connectivity index (χ3v) is 3.19. The van der Waals surface area contributed by atoms with E-state index in [4.69, 9.17) is 4.74 Å². The number of hydrogen-bond donors (Lipinski definition) is 1. The number of ether oxygens (including phenoxy) is 1. The lowest BCUT2D eigenvalue weighted by Gasteiger charge is -2.03. The van der Waals surface area contributed by atoms with Crippen LogP contribution in [0.25, 0.3) is 0 Å². The van der Waals surface area contributed by atoms with Crippen LogP contribution in [0.2, 0.25) is 0 Å². The summed E-state index contributed by atoms with van der Waals surface area (Å²) in [6.45, 7) is 0.543. The first-order chi connectivity index (χ1) is 9.34.